The number of amides is 1. The normalized spacial score (nSPS) is 20.6. The van der Waals surface area contributed by atoms with Gasteiger partial charge in [-0.05, 0) is 57.7 Å². The second-order valence-corrected chi connectivity index (χ2v) is 9.21. The summed E-state index contributed by atoms with van der Waals surface area (Å²) < 4.78 is 5.65. The van der Waals surface area contributed by atoms with Gasteiger partial charge in [-0.2, -0.15) is 0 Å². The topological polar surface area (TPSA) is 62.5 Å². The number of fused-ring (bicyclic) bond motifs is 1. The van der Waals surface area contributed by atoms with Crippen molar-refractivity contribution in [2.24, 2.45) is 0 Å². The molecule has 0 atom stereocenters. The highest BCUT2D eigenvalue weighted by atomic mass is 16.5. The van der Waals surface area contributed by atoms with E-state index in [-0.39, 0.29) is 5.91 Å². The minimum Gasteiger partial charge on any atom is -0.339 e. The summed E-state index contributed by atoms with van der Waals surface area (Å²) in [6.45, 7) is 4.06. The van der Waals surface area contributed by atoms with Crippen molar-refractivity contribution in [3.05, 3.63) is 47.7 Å². The second-order valence-electron chi connectivity index (χ2n) is 9.21. The Morgan fingerprint density at radius 3 is 2.42 bits per heavy atom. The molecule has 31 heavy (non-hydrogen) atoms. The molecule has 0 radical (unpaired) electrons. The van der Waals surface area contributed by atoms with Gasteiger partial charge in [0.2, 0.25) is 0 Å². The maximum absolute atomic E-state index is 13.7. The number of carbonyl (C=O) groups excluding carboxylic acids is 1. The fourth-order valence-electron chi connectivity index (χ4n) is 5.23. The van der Waals surface area contributed by atoms with Gasteiger partial charge in [-0.3, -0.25) is 4.79 Å². The highest BCUT2D eigenvalue weighted by Crippen LogP contribution is 2.41. The number of aromatic nitrogens is 2. The fraction of sp³-hybridized carbons (Fsp3) is 0.480. The summed E-state index contributed by atoms with van der Waals surface area (Å²) in [5.74, 6) is 0.539. The number of pyridine rings is 1. The van der Waals surface area contributed by atoms with E-state index >= 15 is 0 Å². The number of rotatable bonds is 4. The predicted octanol–water partition coefficient (Wildman–Crippen LogP) is 4.47. The molecule has 4 heterocycles. The highest BCUT2D eigenvalue weighted by molar-refractivity contribution is 6.09. The lowest BCUT2D eigenvalue weighted by atomic mass is 9.99. The molecule has 3 aliphatic rings. The first-order valence-electron chi connectivity index (χ1n) is 11.7. The van der Waals surface area contributed by atoms with Crippen LogP contribution in [-0.4, -0.2) is 58.1 Å². The summed E-state index contributed by atoms with van der Waals surface area (Å²) in [5, 5.41) is 5.08. The molecule has 1 aliphatic carbocycles. The zero-order valence-corrected chi connectivity index (χ0v) is 17.8. The van der Waals surface area contributed by atoms with Gasteiger partial charge in [-0.1, -0.05) is 35.5 Å². The molecule has 1 amide bonds. The Kier molecular flexibility index (Phi) is 4.75. The number of likely N-dealkylation sites (tertiary alicyclic amines) is 2. The summed E-state index contributed by atoms with van der Waals surface area (Å²) in [4.78, 5) is 23.1. The van der Waals surface area contributed by atoms with Gasteiger partial charge in [-0.25, -0.2) is 4.98 Å². The van der Waals surface area contributed by atoms with Crippen molar-refractivity contribution in [3.63, 3.8) is 0 Å². The largest absolute Gasteiger partial charge is 0.339 e. The van der Waals surface area contributed by atoms with Crippen molar-refractivity contribution in [3.8, 4) is 11.3 Å². The maximum atomic E-state index is 13.7. The third-order valence-electron chi connectivity index (χ3n) is 7.15. The number of hydrogen-bond acceptors (Lipinski definition) is 5. The number of piperidine rings is 1. The van der Waals surface area contributed by atoms with Gasteiger partial charge in [0, 0.05) is 36.3 Å². The number of carbonyl (C=O) groups is 1. The smallest absolute Gasteiger partial charge is 0.259 e. The van der Waals surface area contributed by atoms with Gasteiger partial charge < -0.3 is 14.3 Å². The average molecular weight is 417 g/mol. The summed E-state index contributed by atoms with van der Waals surface area (Å²) in [7, 11) is 0. The molecule has 3 aromatic rings. The Balaban J connectivity index is 1.34. The molecular formula is C25H28N4O2. The SMILES string of the molecule is O=C(c1cc(C2CC2)nc2onc(-c3ccccc3)c12)N1CCC(N2CCCC2)CC1. The van der Waals surface area contributed by atoms with Crippen LogP contribution in [0.5, 0.6) is 0 Å². The van der Waals surface area contributed by atoms with E-state index in [2.05, 4.69) is 10.1 Å². The van der Waals surface area contributed by atoms with Crippen LogP contribution < -0.4 is 0 Å². The first kappa shape index (κ1) is 19.0. The van der Waals surface area contributed by atoms with Crippen LogP contribution in [0.4, 0.5) is 0 Å². The lowest BCUT2D eigenvalue weighted by Gasteiger charge is -2.36. The van der Waals surface area contributed by atoms with Crippen LogP contribution in [0.15, 0.2) is 40.9 Å². The second kappa shape index (κ2) is 7.75. The standard InChI is InChI=1S/C25H28N4O2/c30-25(29-14-10-19(11-15-29)28-12-4-5-13-28)20-16-21(17-8-9-17)26-24-22(20)23(27-31-24)18-6-2-1-3-7-18/h1-3,6-7,16-17,19H,4-5,8-15H2. The van der Waals surface area contributed by atoms with E-state index in [0.717, 1.165) is 55.4 Å². The monoisotopic (exact) mass is 416 g/mol. The molecule has 1 aromatic carbocycles. The van der Waals surface area contributed by atoms with Crippen molar-refractivity contribution < 1.29 is 9.32 Å². The van der Waals surface area contributed by atoms with Gasteiger partial charge in [0.1, 0.15) is 5.69 Å². The van der Waals surface area contributed by atoms with Crippen LogP contribution in [0, 0.1) is 0 Å². The van der Waals surface area contributed by atoms with E-state index in [4.69, 9.17) is 9.51 Å². The van der Waals surface area contributed by atoms with Crippen molar-refractivity contribution in [2.45, 2.75) is 50.5 Å². The molecule has 3 fully saturated rings. The van der Waals surface area contributed by atoms with E-state index in [1.54, 1.807) is 0 Å². The minimum absolute atomic E-state index is 0.0922. The van der Waals surface area contributed by atoms with E-state index in [0.29, 0.717) is 28.9 Å². The van der Waals surface area contributed by atoms with E-state index in [1.807, 2.05) is 41.3 Å². The summed E-state index contributed by atoms with van der Waals surface area (Å²) in [5.41, 5.74) is 3.81. The maximum Gasteiger partial charge on any atom is 0.259 e. The van der Waals surface area contributed by atoms with Gasteiger partial charge in [0.25, 0.3) is 11.6 Å². The van der Waals surface area contributed by atoms with Crippen molar-refractivity contribution in [1.82, 2.24) is 19.9 Å². The van der Waals surface area contributed by atoms with Crippen molar-refractivity contribution in [1.29, 1.82) is 0 Å². The molecule has 0 spiro atoms. The molecule has 6 nitrogen and oxygen atoms in total. The Labute approximate surface area is 182 Å². The van der Waals surface area contributed by atoms with Crippen LogP contribution in [0.3, 0.4) is 0 Å². The van der Waals surface area contributed by atoms with Gasteiger partial charge in [-0.15, -0.1) is 0 Å². The molecule has 160 valence electrons. The predicted molar refractivity (Wildman–Crippen MR) is 119 cm³/mol. The number of benzene rings is 1. The molecule has 0 N–H and O–H groups in total. The van der Waals surface area contributed by atoms with E-state index in [9.17, 15) is 4.79 Å². The lowest BCUT2D eigenvalue weighted by molar-refractivity contribution is 0.0646. The van der Waals surface area contributed by atoms with Gasteiger partial charge in [0.15, 0.2) is 0 Å². The molecule has 2 aromatic heterocycles. The highest BCUT2D eigenvalue weighted by Gasteiger charge is 2.33. The molecule has 6 rings (SSSR count). The molecule has 2 aliphatic heterocycles. The zero-order valence-electron chi connectivity index (χ0n) is 17.8. The molecule has 6 heteroatoms. The number of nitrogens with zero attached hydrogens (tertiary/aromatic N) is 4. The van der Waals surface area contributed by atoms with Crippen LogP contribution in [0.1, 0.15) is 60.5 Å². The summed E-state index contributed by atoms with van der Waals surface area (Å²) in [6.07, 6.45) is 7.01. The molecular weight excluding hydrogens is 388 g/mol. The quantitative estimate of drug-likeness (QED) is 0.628. The Hall–Kier alpha value is -2.73. The van der Waals surface area contributed by atoms with Crippen molar-refractivity contribution >= 4 is 17.0 Å². The molecule has 1 saturated carbocycles. The van der Waals surface area contributed by atoms with Crippen LogP contribution in [0.2, 0.25) is 0 Å². The lowest BCUT2D eigenvalue weighted by Crippen LogP contribution is -2.46. The Bertz CT molecular complexity index is 1090. The molecule has 0 bridgehead atoms. The van der Waals surface area contributed by atoms with E-state index in [1.165, 1.54) is 25.9 Å². The first-order valence-corrected chi connectivity index (χ1v) is 11.7. The van der Waals surface area contributed by atoms with Gasteiger partial charge in [0.05, 0.1) is 10.9 Å². The average Bonchev–Trinajstić information content (AvgIpc) is 3.36. The Morgan fingerprint density at radius 2 is 1.71 bits per heavy atom. The number of hydrogen-bond donors (Lipinski definition) is 0. The fourth-order valence-corrected chi connectivity index (χ4v) is 5.23. The van der Waals surface area contributed by atoms with Crippen LogP contribution in [-0.2, 0) is 0 Å². The molecule has 0 unspecified atom stereocenters. The molecule has 2 saturated heterocycles. The zero-order chi connectivity index (χ0) is 20.8. The summed E-state index contributed by atoms with van der Waals surface area (Å²) in [6, 6.07) is 12.6. The van der Waals surface area contributed by atoms with Crippen LogP contribution >= 0.6 is 0 Å². The van der Waals surface area contributed by atoms with Crippen molar-refractivity contribution in [2.75, 3.05) is 26.2 Å². The summed E-state index contributed by atoms with van der Waals surface area (Å²) >= 11 is 0. The van der Waals surface area contributed by atoms with Gasteiger partial charge >= 0.3 is 0 Å². The van der Waals surface area contributed by atoms with E-state index < -0.39 is 0 Å². The Morgan fingerprint density at radius 1 is 0.968 bits per heavy atom. The van der Waals surface area contributed by atoms with Crippen LogP contribution in [0.25, 0.3) is 22.4 Å². The minimum atomic E-state index is 0.0922. The third kappa shape index (κ3) is 3.53. The third-order valence-corrected chi connectivity index (χ3v) is 7.15. The first-order chi connectivity index (χ1) is 15.3.